The summed E-state index contributed by atoms with van der Waals surface area (Å²) in [7, 11) is -3.19. The molecule has 13 heavy (non-hydrogen) atoms. The number of nitrogens with zero attached hydrogens (tertiary/aromatic N) is 1. The van der Waals surface area contributed by atoms with Gasteiger partial charge in [-0.1, -0.05) is 0 Å². The van der Waals surface area contributed by atoms with Gasteiger partial charge in [0.1, 0.15) is 0 Å². The second kappa shape index (κ2) is 5.93. The molecule has 4 nitrogen and oxygen atoms in total. The van der Waals surface area contributed by atoms with E-state index in [1.807, 2.05) is 0 Å². The molecule has 0 aliphatic rings. The van der Waals surface area contributed by atoms with Crippen LogP contribution in [0.15, 0.2) is 11.4 Å². The average Bonchev–Trinajstić information content (AvgIpc) is 2.05. The first-order chi connectivity index (χ1) is 6.10. The summed E-state index contributed by atoms with van der Waals surface area (Å²) in [6, 6.07) is 1.80. The van der Waals surface area contributed by atoms with Gasteiger partial charge in [-0.05, 0) is 20.8 Å². The van der Waals surface area contributed by atoms with Crippen molar-refractivity contribution in [2.45, 2.75) is 20.8 Å². The lowest BCUT2D eigenvalue weighted by Crippen LogP contribution is -1.96. The molecule has 0 unspecified atom stereocenters. The summed E-state index contributed by atoms with van der Waals surface area (Å²) in [5.41, 5.74) is 0. The average molecular weight is 203 g/mol. The molecule has 5 heteroatoms. The van der Waals surface area contributed by atoms with E-state index in [1.165, 1.54) is 6.08 Å². The van der Waals surface area contributed by atoms with E-state index in [9.17, 15) is 4.57 Å². The van der Waals surface area contributed by atoms with Gasteiger partial charge in [-0.2, -0.15) is 5.26 Å². The first-order valence-electron chi connectivity index (χ1n) is 4.06. The highest BCUT2D eigenvalue weighted by molar-refractivity contribution is 7.58. The van der Waals surface area contributed by atoms with E-state index in [0.717, 1.165) is 0 Å². The quantitative estimate of drug-likeness (QED) is 0.509. The molecule has 0 N–H and O–H groups in total. The Balaban J connectivity index is 4.70. The topological polar surface area (TPSA) is 59.3 Å². The highest BCUT2D eigenvalue weighted by atomic mass is 31.2. The van der Waals surface area contributed by atoms with E-state index in [1.54, 1.807) is 26.8 Å². The predicted octanol–water partition coefficient (Wildman–Crippen LogP) is 2.68. The van der Waals surface area contributed by atoms with Crippen LogP contribution in [-0.2, 0) is 13.6 Å². The minimum atomic E-state index is -3.19. The van der Waals surface area contributed by atoms with Crippen LogP contribution in [0, 0.1) is 11.3 Å². The fourth-order valence-electron chi connectivity index (χ4n) is 0.753. The minimum Gasteiger partial charge on any atom is -0.306 e. The highest BCUT2D eigenvalue weighted by Gasteiger charge is 2.25. The molecule has 0 saturated carbocycles. The van der Waals surface area contributed by atoms with Gasteiger partial charge >= 0.3 is 7.60 Å². The molecule has 0 atom stereocenters. The summed E-state index contributed by atoms with van der Waals surface area (Å²) >= 11 is 0. The van der Waals surface area contributed by atoms with E-state index in [-0.39, 0.29) is 0 Å². The molecule has 0 aromatic heterocycles. The van der Waals surface area contributed by atoms with Gasteiger partial charge in [0, 0.05) is 11.4 Å². The highest BCUT2D eigenvalue weighted by Crippen LogP contribution is 2.55. The predicted molar refractivity (Wildman–Crippen MR) is 50.2 cm³/mol. The first kappa shape index (κ1) is 12.4. The zero-order chi connectivity index (χ0) is 10.3. The lowest BCUT2D eigenvalue weighted by Gasteiger charge is -2.16. The van der Waals surface area contributed by atoms with E-state index >= 15 is 0 Å². The maximum atomic E-state index is 11.8. The van der Waals surface area contributed by atoms with Gasteiger partial charge in [-0.15, -0.1) is 0 Å². The van der Waals surface area contributed by atoms with Crippen LogP contribution in [0.5, 0.6) is 0 Å². The van der Waals surface area contributed by atoms with Crippen molar-refractivity contribution in [1.82, 2.24) is 0 Å². The van der Waals surface area contributed by atoms with Gasteiger partial charge < -0.3 is 9.05 Å². The molecule has 0 aliphatic heterocycles. The molecule has 0 aliphatic carbocycles. The molecule has 0 fully saturated rings. The van der Waals surface area contributed by atoms with Crippen LogP contribution in [0.25, 0.3) is 0 Å². The fraction of sp³-hybridized carbons (Fsp3) is 0.625. The number of nitriles is 1. The first-order valence-corrected chi connectivity index (χ1v) is 5.61. The Labute approximate surface area is 78.7 Å². The SMILES string of the molecule is CCOP(=O)(OCC)/C(C)=C/C#N. The fourth-order valence-corrected chi connectivity index (χ4v) is 2.13. The van der Waals surface area contributed by atoms with Crippen LogP contribution in [0.4, 0.5) is 0 Å². The molecule has 74 valence electrons. The third-order valence-corrected chi connectivity index (χ3v) is 3.49. The van der Waals surface area contributed by atoms with Crippen molar-refractivity contribution in [2.24, 2.45) is 0 Å². The number of allylic oxidation sites excluding steroid dienone is 2. The molecule has 0 spiro atoms. The van der Waals surface area contributed by atoms with Gasteiger partial charge in [0.15, 0.2) is 0 Å². The smallest absolute Gasteiger partial charge is 0.306 e. The number of hydrogen-bond acceptors (Lipinski definition) is 4. The van der Waals surface area contributed by atoms with Crippen molar-refractivity contribution >= 4 is 7.60 Å². The Morgan fingerprint density at radius 2 is 1.92 bits per heavy atom. The van der Waals surface area contributed by atoms with Crippen LogP contribution in [0.2, 0.25) is 0 Å². The molecule has 0 heterocycles. The van der Waals surface area contributed by atoms with Gasteiger partial charge in [-0.3, -0.25) is 4.57 Å². The Hall–Kier alpha value is -0.620. The maximum Gasteiger partial charge on any atom is 0.357 e. The van der Waals surface area contributed by atoms with E-state index < -0.39 is 7.60 Å². The van der Waals surface area contributed by atoms with Crippen molar-refractivity contribution in [3.63, 3.8) is 0 Å². The van der Waals surface area contributed by atoms with Crippen LogP contribution in [-0.4, -0.2) is 13.2 Å². The molecular weight excluding hydrogens is 189 g/mol. The van der Waals surface area contributed by atoms with Crippen molar-refractivity contribution in [1.29, 1.82) is 5.26 Å². The molecular formula is C8H14NO3P. The Morgan fingerprint density at radius 1 is 1.46 bits per heavy atom. The molecule has 0 amide bonds. The summed E-state index contributed by atoms with van der Waals surface area (Å²) in [5.74, 6) is 0. The maximum absolute atomic E-state index is 11.8. The minimum absolute atomic E-state index is 0.299. The van der Waals surface area contributed by atoms with E-state index in [0.29, 0.717) is 18.5 Å². The molecule has 0 saturated heterocycles. The normalized spacial score (nSPS) is 12.6. The van der Waals surface area contributed by atoms with E-state index in [4.69, 9.17) is 14.3 Å². The molecule has 0 bridgehead atoms. The zero-order valence-electron chi connectivity index (χ0n) is 8.11. The molecule has 0 rings (SSSR count). The molecule has 0 radical (unpaired) electrons. The summed E-state index contributed by atoms with van der Waals surface area (Å²) in [4.78, 5) is 0. The third-order valence-electron chi connectivity index (χ3n) is 1.30. The van der Waals surface area contributed by atoms with Crippen LogP contribution >= 0.6 is 7.60 Å². The molecule has 0 aromatic rings. The summed E-state index contributed by atoms with van der Waals surface area (Å²) in [6.45, 7) is 5.62. The van der Waals surface area contributed by atoms with Crippen LogP contribution in [0.3, 0.4) is 0 Å². The zero-order valence-corrected chi connectivity index (χ0v) is 9.01. The second-order valence-electron chi connectivity index (χ2n) is 2.25. The van der Waals surface area contributed by atoms with Gasteiger partial charge in [0.05, 0.1) is 19.3 Å². The summed E-state index contributed by atoms with van der Waals surface area (Å²) in [5, 5.41) is 8.72. The monoisotopic (exact) mass is 203 g/mol. The Morgan fingerprint density at radius 3 is 2.23 bits per heavy atom. The second-order valence-corrected chi connectivity index (χ2v) is 4.46. The largest absolute Gasteiger partial charge is 0.357 e. The lowest BCUT2D eigenvalue weighted by atomic mass is 10.6. The number of hydrogen-bond donors (Lipinski definition) is 0. The van der Waals surface area contributed by atoms with Crippen molar-refractivity contribution in [3.05, 3.63) is 11.4 Å². The standard InChI is InChI=1S/C8H14NO3P/c1-4-11-13(10,12-5-2)8(3)6-7-9/h6H,4-5H2,1-3H3/b8-6+. The van der Waals surface area contributed by atoms with Gasteiger partial charge in [0.25, 0.3) is 0 Å². The van der Waals surface area contributed by atoms with Gasteiger partial charge in [0.2, 0.25) is 0 Å². The van der Waals surface area contributed by atoms with Gasteiger partial charge in [-0.25, -0.2) is 0 Å². The van der Waals surface area contributed by atoms with Crippen LogP contribution in [0.1, 0.15) is 20.8 Å². The summed E-state index contributed by atoms with van der Waals surface area (Å²) < 4.78 is 21.8. The Bertz CT molecular complexity index is 257. The lowest BCUT2D eigenvalue weighted by molar-refractivity contribution is 0.226. The number of rotatable bonds is 5. The van der Waals surface area contributed by atoms with Crippen LogP contribution < -0.4 is 0 Å². The molecule has 0 aromatic carbocycles. The summed E-state index contributed by atoms with van der Waals surface area (Å²) in [6.07, 6.45) is 1.19. The van der Waals surface area contributed by atoms with Crippen molar-refractivity contribution < 1.29 is 13.6 Å². The third kappa shape index (κ3) is 3.73. The van der Waals surface area contributed by atoms with E-state index in [2.05, 4.69) is 0 Å². The van der Waals surface area contributed by atoms with Crippen molar-refractivity contribution in [2.75, 3.05) is 13.2 Å². The Kier molecular flexibility index (Phi) is 5.65. The van der Waals surface area contributed by atoms with Crippen molar-refractivity contribution in [3.8, 4) is 6.07 Å².